The Bertz CT molecular complexity index is 281. The summed E-state index contributed by atoms with van der Waals surface area (Å²) in [6, 6.07) is 0. The fourth-order valence-corrected chi connectivity index (χ4v) is 2.46. The zero-order chi connectivity index (χ0) is 11.3. The van der Waals surface area contributed by atoms with Crippen LogP contribution in [0.5, 0.6) is 0 Å². The van der Waals surface area contributed by atoms with Crippen LogP contribution in [0.2, 0.25) is 0 Å². The first-order valence-corrected chi connectivity index (χ1v) is 6.63. The summed E-state index contributed by atoms with van der Waals surface area (Å²) < 4.78 is 0. The van der Waals surface area contributed by atoms with Crippen molar-refractivity contribution in [2.75, 3.05) is 13.1 Å². The van der Waals surface area contributed by atoms with Gasteiger partial charge in [-0.2, -0.15) is 0 Å². The van der Waals surface area contributed by atoms with Gasteiger partial charge in [0.05, 0.1) is 5.01 Å². The zero-order valence-corrected chi connectivity index (χ0v) is 11.0. The van der Waals surface area contributed by atoms with E-state index in [2.05, 4.69) is 43.4 Å². The molecule has 0 amide bonds. The number of nitrogens with one attached hydrogen (secondary N) is 1. The van der Waals surface area contributed by atoms with Gasteiger partial charge in [0.1, 0.15) is 0 Å². The SMILES string of the molecule is CCNCC(Cc1nc(C)cs1)C(C)C. The normalized spacial score (nSPS) is 13.4. The molecule has 1 unspecified atom stereocenters. The van der Waals surface area contributed by atoms with Gasteiger partial charge in [0, 0.05) is 17.5 Å². The molecule has 0 spiro atoms. The Hall–Kier alpha value is -0.410. The van der Waals surface area contributed by atoms with Gasteiger partial charge in [0.2, 0.25) is 0 Å². The first-order valence-electron chi connectivity index (χ1n) is 5.75. The summed E-state index contributed by atoms with van der Waals surface area (Å²) in [5, 5.41) is 6.85. The minimum absolute atomic E-state index is 0.704. The molecule has 15 heavy (non-hydrogen) atoms. The average Bonchev–Trinajstić information content (AvgIpc) is 2.58. The van der Waals surface area contributed by atoms with Crippen molar-refractivity contribution in [3.63, 3.8) is 0 Å². The molecule has 1 heterocycles. The maximum Gasteiger partial charge on any atom is 0.0931 e. The predicted octanol–water partition coefficient (Wildman–Crippen LogP) is 2.88. The third-order valence-electron chi connectivity index (χ3n) is 2.70. The highest BCUT2D eigenvalue weighted by molar-refractivity contribution is 7.09. The van der Waals surface area contributed by atoms with Gasteiger partial charge in [-0.05, 0) is 31.8 Å². The lowest BCUT2D eigenvalue weighted by molar-refractivity contribution is 0.363. The number of thiazole rings is 1. The number of aromatic nitrogens is 1. The molecule has 1 N–H and O–H groups in total. The summed E-state index contributed by atoms with van der Waals surface area (Å²) in [7, 11) is 0. The Morgan fingerprint density at radius 2 is 2.20 bits per heavy atom. The molecule has 0 radical (unpaired) electrons. The summed E-state index contributed by atoms with van der Waals surface area (Å²) >= 11 is 1.79. The maximum absolute atomic E-state index is 4.53. The summed E-state index contributed by atoms with van der Waals surface area (Å²) in [5.74, 6) is 1.42. The molecule has 0 saturated carbocycles. The van der Waals surface area contributed by atoms with Crippen molar-refractivity contribution in [1.82, 2.24) is 10.3 Å². The molecular formula is C12H22N2S. The van der Waals surface area contributed by atoms with Crippen LogP contribution < -0.4 is 5.32 Å². The van der Waals surface area contributed by atoms with Gasteiger partial charge < -0.3 is 5.32 Å². The molecule has 1 rings (SSSR count). The van der Waals surface area contributed by atoms with Gasteiger partial charge in [-0.15, -0.1) is 11.3 Å². The molecule has 0 bridgehead atoms. The van der Waals surface area contributed by atoms with Crippen LogP contribution in [0, 0.1) is 18.8 Å². The lowest BCUT2D eigenvalue weighted by atomic mass is 9.93. The highest BCUT2D eigenvalue weighted by Crippen LogP contribution is 2.19. The largest absolute Gasteiger partial charge is 0.317 e. The lowest BCUT2D eigenvalue weighted by Gasteiger charge is -2.19. The number of rotatable bonds is 6. The Labute approximate surface area is 97.1 Å². The van der Waals surface area contributed by atoms with Crippen LogP contribution >= 0.6 is 11.3 Å². The topological polar surface area (TPSA) is 24.9 Å². The first kappa shape index (κ1) is 12.7. The van der Waals surface area contributed by atoms with Gasteiger partial charge in [-0.25, -0.2) is 4.98 Å². The van der Waals surface area contributed by atoms with Crippen LogP contribution in [0.25, 0.3) is 0 Å². The second-order valence-corrected chi connectivity index (χ2v) is 5.34. The van der Waals surface area contributed by atoms with Gasteiger partial charge in [0.25, 0.3) is 0 Å². The van der Waals surface area contributed by atoms with Crippen LogP contribution in [-0.2, 0) is 6.42 Å². The minimum Gasteiger partial charge on any atom is -0.317 e. The molecule has 0 saturated heterocycles. The number of aryl methyl sites for hydroxylation is 1. The van der Waals surface area contributed by atoms with Gasteiger partial charge in [-0.1, -0.05) is 20.8 Å². The van der Waals surface area contributed by atoms with Gasteiger partial charge >= 0.3 is 0 Å². The number of hydrogen-bond acceptors (Lipinski definition) is 3. The highest BCUT2D eigenvalue weighted by Gasteiger charge is 2.15. The van der Waals surface area contributed by atoms with E-state index in [0.29, 0.717) is 11.8 Å². The van der Waals surface area contributed by atoms with E-state index in [-0.39, 0.29) is 0 Å². The number of hydrogen-bond donors (Lipinski definition) is 1. The van der Waals surface area contributed by atoms with E-state index in [4.69, 9.17) is 0 Å². The molecule has 0 aliphatic heterocycles. The number of nitrogens with zero attached hydrogens (tertiary/aromatic N) is 1. The molecule has 1 atom stereocenters. The maximum atomic E-state index is 4.53. The summed E-state index contributed by atoms with van der Waals surface area (Å²) in [4.78, 5) is 4.53. The van der Waals surface area contributed by atoms with E-state index >= 15 is 0 Å². The van der Waals surface area contributed by atoms with E-state index in [9.17, 15) is 0 Å². The summed E-state index contributed by atoms with van der Waals surface area (Å²) in [6.07, 6.45) is 1.11. The molecule has 0 fully saturated rings. The Morgan fingerprint density at radius 3 is 2.67 bits per heavy atom. The van der Waals surface area contributed by atoms with Crippen molar-refractivity contribution in [3.05, 3.63) is 16.1 Å². The second kappa shape index (κ2) is 6.23. The molecule has 1 aromatic heterocycles. The first-order chi connectivity index (χ1) is 7.13. The van der Waals surface area contributed by atoms with Crippen molar-refractivity contribution >= 4 is 11.3 Å². The van der Waals surface area contributed by atoms with Crippen LogP contribution in [0.3, 0.4) is 0 Å². The molecule has 3 heteroatoms. The van der Waals surface area contributed by atoms with Gasteiger partial charge in [-0.3, -0.25) is 0 Å². The van der Waals surface area contributed by atoms with Gasteiger partial charge in [0.15, 0.2) is 0 Å². The molecule has 0 aromatic carbocycles. The Morgan fingerprint density at radius 1 is 1.47 bits per heavy atom. The quantitative estimate of drug-likeness (QED) is 0.807. The Kier molecular flexibility index (Phi) is 5.26. The second-order valence-electron chi connectivity index (χ2n) is 4.40. The summed E-state index contributed by atoms with van der Waals surface area (Å²) in [6.45, 7) is 11.0. The van der Waals surface area contributed by atoms with Crippen molar-refractivity contribution in [3.8, 4) is 0 Å². The third kappa shape index (κ3) is 4.31. The lowest BCUT2D eigenvalue weighted by Crippen LogP contribution is -2.27. The predicted molar refractivity (Wildman–Crippen MR) is 67.4 cm³/mol. The average molecular weight is 226 g/mol. The van der Waals surface area contributed by atoms with E-state index < -0.39 is 0 Å². The summed E-state index contributed by atoms with van der Waals surface area (Å²) in [5.41, 5.74) is 1.15. The minimum atomic E-state index is 0.704. The molecular weight excluding hydrogens is 204 g/mol. The van der Waals surface area contributed by atoms with Crippen LogP contribution in [-0.4, -0.2) is 18.1 Å². The molecule has 2 nitrogen and oxygen atoms in total. The van der Waals surface area contributed by atoms with Crippen LogP contribution in [0.1, 0.15) is 31.5 Å². The van der Waals surface area contributed by atoms with E-state index in [1.807, 2.05) is 0 Å². The van der Waals surface area contributed by atoms with E-state index in [1.165, 1.54) is 5.01 Å². The van der Waals surface area contributed by atoms with Crippen molar-refractivity contribution in [2.45, 2.75) is 34.1 Å². The van der Waals surface area contributed by atoms with Crippen molar-refractivity contribution in [2.24, 2.45) is 11.8 Å². The zero-order valence-electron chi connectivity index (χ0n) is 10.2. The van der Waals surface area contributed by atoms with Crippen LogP contribution in [0.4, 0.5) is 0 Å². The highest BCUT2D eigenvalue weighted by atomic mass is 32.1. The van der Waals surface area contributed by atoms with E-state index in [0.717, 1.165) is 25.2 Å². The smallest absolute Gasteiger partial charge is 0.0931 e. The standard InChI is InChI=1S/C12H22N2S/c1-5-13-7-11(9(2)3)6-12-14-10(4)8-15-12/h8-9,11,13H,5-7H2,1-4H3. The van der Waals surface area contributed by atoms with Crippen LogP contribution in [0.15, 0.2) is 5.38 Å². The third-order valence-corrected chi connectivity index (χ3v) is 3.69. The molecule has 1 aromatic rings. The Balaban J connectivity index is 2.50. The fraction of sp³-hybridized carbons (Fsp3) is 0.750. The monoisotopic (exact) mass is 226 g/mol. The van der Waals surface area contributed by atoms with Crippen molar-refractivity contribution < 1.29 is 0 Å². The van der Waals surface area contributed by atoms with Crippen molar-refractivity contribution in [1.29, 1.82) is 0 Å². The van der Waals surface area contributed by atoms with E-state index in [1.54, 1.807) is 11.3 Å². The fourth-order valence-electron chi connectivity index (χ4n) is 1.59. The molecule has 0 aliphatic rings. The molecule has 86 valence electrons. The molecule has 0 aliphatic carbocycles.